The van der Waals surface area contributed by atoms with Gasteiger partial charge in [0.1, 0.15) is 17.0 Å². The molecule has 1 unspecified atom stereocenters. The van der Waals surface area contributed by atoms with Crippen molar-refractivity contribution in [1.82, 2.24) is 20.2 Å². The van der Waals surface area contributed by atoms with Gasteiger partial charge in [0.2, 0.25) is 5.75 Å². The Labute approximate surface area is 147 Å². The van der Waals surface area contributed by atoms with Gasteiger partial charge in [0.25, 0.3) is 11.5 Å². The molecule has 0 spiro atoms. The Morgan fingerprint density at radius 3 is 2.84 bits per heavy atom. The zero-order chi connectivity index (χ0) is 18.0. The average Bonchev–Trinajstić information content (AvgIpc) is 3.02. The highest BCUT2D eigenvalue weighted by molar-refractivity contribution is 7.99. The van der Waals surface area contributed by atoms with Gasteiger partial charge in [-0.15, -0.1) is 11.8 Å². The predicted molar refractivity (Wildman–Crippen MR) is 91.9 cm³/mol. The quantitative estimate of drug-likeness (QED) is 0.755. The van der Waals surface area contributed by atoms with Crippen molar-refractivity contribution >= 4 is 17.7 Å². The summed E-state index contributed by atoms with van der Waals surface area (Å²) in [6, 6.07) is 5.65. The van der Waals surface area contributed by atoms with E-state index in [1.807, 2.05) is 11.9 Å². The molecule has 25 heavy (non-hydrogen) atoms. The monoisotopic (exact) mass is 364 g/mol. The summed E-state index contributed by atoms with van der Waals surface area (Å²) in [7, 11) is 1.89. The molecule has 1 atom stereocenters. The van der Waals surface area contributed by atoms with E-state index < -0.39 is 17.2 Å². The number of hydrogen-bond acceptors (Lipinski definition) is 6. The molecule has 1 fully saturated rings. The molecule has 1 aliphatic rings. The Morgan fingerprint density at radius 1 is 1.48 bits per heavy atom. The van der Waals surface area contributed by atoms with Crippen LogP contribution < -0.4 is 10.9 Å². The van der Waals surface area contributed by atoms with Crippen LogP contribution in [0.5, 0.6) is 5.75 Å². The second-order valence-corrected chi connectivity index (χ2v) is 6.85. The maximum absolute atomic E-state index is 12.9. The lowest BCUT2D eigenvalue weighted by Gasteiger charge is -2.18. The third kappa shape index (κ3) is 3.83. The van der Waals surface area contributed by atoms with Crippen LogP contribution in [0.4, 0.5) is 4.39 Å². The number of halogens is 1. The molecule has 1 amide bonds. The van der Waals surface area contributed by atoms with Crippen molar-refractivity contribution in [1.29, 1.82) is 0 Å². The fourth-order valence-corrected chi connectivity index (χ4v) is 3.71. The smallest absolute Gasteiger partial charge is 0.294 e. The molecule has 1 saturated heterocycles. The highest BCUT2D eigenvalue weighted by Gasteiger charge is 2.28. The van der Waals surface area contributed by atoms with E-state index in [-0.39, 0.29) is 23.4 Å². The van der Waals surface area contributed by atoms with E-state index in [2.05, 4.69) is 15.3 Å². The van der Waals surface area contributed by atoms with Gasteiger partial charge in [-0.1, -0.05) is 12.1 Å². The van der Waals surface area contributed by atoms with Crippen LogP contribution in [-0.2, 0) is 6.54 Å². The molecule has 0 radical (unpaired) electrons. The molecule has 1 aliphatic heterocycles. The van der Waals surface area contributed by atoms with Crippen molar-refractivity contribution in [2.75, 3.05) is 19.3 Å². The fraction of sp³-hybridized carbons (Fsp3) is 0.312. The number of nitrogens with zero attached hydrogens (tertiary/aromatic N) is 2. The summed E-state index contributed by atoms with van der Waals surface area (Å²) < 4.78 is 12.9. The van der Waals surface area contributed by atoms with Crippen molar-refractivity contribution < 1.29 is 14.3 Å². The van der Waals surface area contributed by atoms with Gasteiger partial charge in [-0.3, -0.25) is 14.5 Å². The second kappa shape index (κ2) is 7.24. The Hall–Kier alpha value is -2.39. The normalized spacial score (nSPS) is 17.6. The van der Waals surface area contributed by atoms with Gasteiger partial charge in [-0.2, -0.15) is 0 Å². The van der Waals surface area contributed by atoms with E-state index in [0.29, 0.717) is 11.4 Å². The van der Waals surface area contributed by atoms with Crippen molar-refractivity contribution in [3.63, 3.8) is 0 Å². The number of nitrogens with one attached hydrogen (secondary N) is 2. The maximum Gasteiger partial charge on any atom is 0.294 e. The van der Waals surface area contributed by atoms with Crippen molar-refractivity contribution in [3.8, 4) is 5.75 Å². The van der Waals surface area contributed by atoms with E-state index in [0.717, 1.165) is 12.3 Å². The molecule has 0 saturated carbocycles. The Morgan fingerprint density at radius 2 is 2.20 bits per heavy atom. The fourth-order valence-electron chi connectivity index (χ4n) is 2.47. The number of amides is 1. The number of H-pyrrole nitrogens is 1. The Bertz CT molecular complexity index is 840. The largest absolute Gasteiger partial charge is 0.501 e. The summed E-state index contributed by atoms with van der Waals surface area (Å²) in [5.41, 5.74) is -0.384. The first-order chi connectivity index (χ1) is 12.0. The van der Waals surface area contributed by atoms with Gasteiger partial charge < -0.3 is 15.4 Å². The van der Waals surface area contributed by atoms with Gasteiger partial charge in [0.05, 0.1) is 0 Å². The standard InChI is InChI=1S/C16H17FN4O3S/c1-21-6-7-25-16(21)13-19-11(12(22)15(24)20-13)14(23)18-8-9-2-4-10(17)5-3-9/h2-5,16,22H,6-8H2,1H3,(H,18,23)(H,19,20,24). The first-order valence-electron chi connectivity index (χ1n) is 7.63. The Kier molecular flexibility index (Phi) is 5.05. The lowest BCUT2D eigenvalue weighted by molar-refractivity contribution is 0.0941. The van der Waals surface area contributed by atoms with Gasteiger partial charge >= 0.3 is 0 Å². The second-order valence-electron chi connectivity index (χ2n) is 5.66. The molecule has 2 aromatic rings. The molecular formula is C16H17FN4O3S. The summed E-state index contributed by atoms with van der Waals surface area (Å²) >= 11 is 1.59. The zero-order valence-electron chi connectivity index (χ0n) is 13.5. The summed E-state index contributed by atoms with van der Waals surface area (Å²) in [5, 5.41) is 12.3. The molecule has 0 aliphatic carbocycles. The number of aromatic hydroxyl groups is 1. The minimum Gasteiger partial charge on any atom is -0.501 e. The van der Waals surface area contributed by atoms with Crippen LogP contribution in [-0.4, -0.2) is 45.2 Å². The first kappa shape index (κ1) is 17.4. The summed E-state index contributed by atoms with van der Waals surface area (Å²) in [5.74, 6) is -0.532. The number of aromatic nitrogens is 2. The summed E-state index contributed by atoms with van der Waals surface area (Å²) in [6.45, 7) is 0.965. The van der Waals surface area contributed by atoms with E-state index in [1.165, 1.54) is 24.3 Å². The van der Waals surface area contributed by atoms with Gasteiger partial charge in [0, 0.05) is 18.8 Å². The third-order valence-corrected chi connectivity index (χ3v) is 5.17. The van der Waals surface area contributed by atoms with Crippen molar-refractivity contribution in [2.24, 2.45) is 0 Å². The van der Waals surface area contributed by atoms with Crippen LogP contribution in [0.3, 0.4) is 0 Å². The topological polar surface area (TPSA) is 98.3 Å². The number of benzene rings is 1. The molecule has 9 heteroatoms. The first-order valence-corrected chi connectivity index (χ1v) is 8.68. The van der Waals surface area contributed by atoms with Crippen LogP contribution in [0.1, 0.15) is 27.3 Å². The lowest BCUT2D eigenvalue weighted by atomic mass is 10.2. The predicted octanol–water partition coefficient (Wildman–Crippen LogP) is 1.22. The number of hydrogen-bond donors (Lipinski definition) is 3. The van der Waals surface area contributed by atoms with Gasteiger partial charge in [-0.05, 0) is 24.7 Å². The van der Waals surface area contributed by atoms with Crippen molar-refractivity contribution in [3.05, 3.63) is 57.5 Å². The minimum absolute atomic E-state index is 0.125. The molecule has 7 nitrogen and oxygen atoms in total. The molecule has 1 aromatic carbocycles. The Balaban J connectivity index is 1.80. The van der Waals surface area contributed by atoms with Crippen molar-refractivity contribution in [2.45, 2.75) is 11.9 Å². The van der Waals surface area contributed by atoms with Crippen LogP contribution >= 0.6 is 11.8 Å². The molecule has 1 aromatic heterocycles. The zero-order valence-corrected chi connectivity index (χ0v) is 14.3. The van der Waals surface area contributed by atoms with Crippen LogP contribution in [0, 0.1) is 5.82 Å². The van der Waals surface area contributed by atoms with E-state index >= 15 is 0 Å². The molecular weight excluding hydrogens is 347 g/mol. The molecule has 0 bridgehead atoms. The van der Waals surface area contributed by atoms with Crippen LogP contribution in [0.25, 0.3) is 0 Å². The van der Waals surface area contributed by atoms with Gasteiger partial charge in [-0.25, -0.2) is 9.37 Å². The van der Waals surface area contributed by atoms with E-state index in [4.69, 9.17) is 0 Å². The average molecular weight is 364 g/mol. The lowest BCUT2D eigenvalue weighted by Crippen LogP contribution is -2.29. The van der Waals surface area contributed by atoms with Crippen LogP contribution in [0.2, 0.25) is 0 Å². The van der Waals surface area contributed by atoms with E-state index in [1.54, 1.807) is 11.8 Å². The summed E-state index contributed by atoms with van der Waals surface area (Å²) in [4.78, 5) is 32.9. The SMILES string of the molecule is CN1CCSC1c1nc(C(=O)NCc2ccc(F)cc2)c(O)c(=O)[nH]1. The highest BCUT2D eigenvalue weighted by Crippen LogP contribution is 2.34. The number of rotatable bonds is 4. The highest BCUT2D eigenvalue weighted by atomic mass is 32.2. The molecule has 3 N–H and O–H groups in total. The number of thioether (sulfide) groups is 1. The van der Waals surface area contributed by atoms with E-state index in [9.17, 15) is 19.1 Å². The third-order valence-electron chi connectivity index (χ3n) is 3.85. The summed E-state index contributed by atoms with van der Waals surface area (Å²) in [6.07, 6.45) is 0. The number of carbonyl (C=O) groups is 1. The van der Waals surface area contributed by atoms with Crippen LogP contribution in [0.15, 0.2) is 29.1 Å². The minimum atomic E-state index is -0.752. The number of aromatic amines is 1. The molecule has 2 heterocycles. The maximum atomic E-state index is 12.9. The molecule has 3 rings (SSSR count). The van der Waals surface area contributed by atoms with Gasteiger partial charge in [0.15, 0.2) is 5.69 Å². The number of carbonyl (C=O) groups excluding carboxylic acids is 1. The molecule has 132 valence electrons.